The van der Waals surface area contributed by atoms with Crippen LogP contribution >= 0.6 is 0 Å². The molecule has 0 saturated heterocycles. The van der Waals surface area contributed by atoms with Crippen LogP contribution in [0.1, 0.15) is 43.9 Å². The van der Waals surface area contributed by atoms with Gasteiger partial charge in [-0.3, -0.25) is 4.90 Å². The molecule has 0 aliphatic heterocycles. The molecule has 2 N–H and O–H groups in total. The smallest absolute Gasteiger partial charge is 0.105 e. The Kier molecular flexibility index (Phi) is 6.30. The van der Waals surface area contributed by atoms with E-state index >= 15 is 0 Å². The summed E-state index contributed by atoms with van der Waals surface area (Å²) in [5.41, 5.74) is 7.12. The van der Waals surface area contributed by atoms with E-state index in [4.69, 9.17) is 10.2 Å². The first-order chi connectivity index (χ1) is 8.19. The number of rotatable bonds is 8. The number of likely N-dealkylation sites (N-methyl/N-ethyl adjacent to an activating group) is 1. The largest absolute Gasteiger partial charge is 0.469 e. The molecule has 17 heavy (non-hydrogen) atoms. The molecule has 3 nitrogen and oxygen atoms in total. The Hall–Kier alpha value is -0.800. The van der Waals surface area contributed by atoms with Crippen LogP contribution in [-0.2, 0) is 6.54 Å². The summed E-state index contributed by atoms with van der Waals surface area (Å²) in [6.07, 6.45) is 6.79. The van der Waals surface area contributed by atoms with Gasteiger partial charge in [0.05, 0.1) is 6.26 Å². The van der Waals surface area contributed by atoms with E-state index in [0.29, 0.717) is 6.04 Å². The van der Waals surface area contributed by atoms with Crippen molar-refractivity contribution in [2.45, 2.75) is 52.1 Å². The highest BCUT2D eigenvalue weighted by Crippen LogP contribution is 2.15. The number of furan rings is 1. The first-order valence-electron chi connectivity index (χ1n) is 6.62. The van der Waals surface area contributed by atoms with E-state index in [0.717, 1.165) is 18.8 Å². The molecule has 0 bridgehead atoms. The van der Waals surface area contributed by atoms with Crippen molar-refractivity contribution in [2.75, 3.05) is 13.6 Å². The van der Waals surface area contributed by atoms with Crippen LogP contribution in [0.25, 0.3) is 0 Å². The molecular weight excluding hydrogens is 212 g/mol. The number of hydrogen-bond acceptors (Lipinski definition) is 3. The fourth-order valence-electron chi connectivity index (χ4n) is 2.12. The molecule has 0 saturated carbocycles. The Morgan fingerprint density at radius 2 is 2.18 bits per heavy atom. The Morgan fingerprint density at radius 1 is 1.41 bits per heavy atom. The van der Waals surface area contributed by atoms with Gasteiger partial charge in [0.15, 0.2) is 0 Å². The normalized spacial score (nSPS) is 13.2. The number of nitrogens with zero attached hydrogens (tertiary/aromatic N) is 1. The molecule has 1 atom stereocenters. The van der Waals surface area contributed by atoms with Crippen LogP contribution in [0, 0.1) is 6.92 Å². The molecule has 1 heterocycles. The second-order valence-electron chi connectivity index (χ2n) is 4.80. The lowest BCUT2D eigenvalue weighted by atomic mass is 10.1. The Labute approximate surface area is 105 Å². The van der Waals surface area contributed by atoms with Gasteiger partial charge < -0.3 is 10.2 Å². The van der Waals surface area contributed by atoms with Crippen molar-refractivity contribution in [2.24, 2.45) is 5.73 Å². The maximum atomic E-state index is 5.86. The molecule has 1 rings (SSSR count). The Morgan fingerprint density at radius 3 is 2.71 bits per heavy atom. The minimum Gasteiger partial charge on any atom is -0.469 e. The molecule has 0 fully saturated rings. The van der Waals surface area contributed by atoms with Crippen LogP contribution in [0.4, 0.5) is 0 Å². The standard InChI is InChI=1S/C14H26N2O/c1-4-5-6-7-14(10-15)16(3)11-13-8-9-17-12(13)2/h8-9,14H,4-7,10-11,15H2,1-3H3. The fourth-order valence-corrected chi connectivity index (χ4v) is 2.12. The van der Waals surface area contributed by atoms with Crippen LogP contribution in [0.15, 0.2) is 16.7 Å². The molecule has 0 aromatic carbocycles. The van der Waals surface area contributed by atoms with Gasteiger partial charge in [0.1, 0.15) is 5.76 Å². The number of hydrogen-bond donors (Lipinski definition) is 1. The second kappa shape index (κ2) is 7.51. The zero-order valence-corrected chi connectivity index (χ0v) is 11.4. The van der Waals surface area contributed by atoms with Crippen LogP contribution in [-0.4, -0.2) is 24.5 Å². The van der Waals surface area contributed by atoms with Crippen LogP contribution in [0.5, 0.6) is 0 Å². The van der Waals surface area contributed by atoms with E-state index in [9.17, 15) is 0 Å². The zero-order valence-electron chi connectivity index (χ0n) is 11.4. The highest BCUT2D eigenvalue weighted by Gasteiger charge is 2.14. The molecule has 0 aliphatic carbocycles. The van der Waals surface area contributed by atoms with Crippen LogP contribution < -0.4 is 5.73 Å². The van der Waals surface area contributed by atoms with E-state index in [-0.39, 0.29) is 0 Å². The predicted molar refractivity (Wildman–Crippen MR) is 71.9 cm³/mol. The third-order valence-electron chi connectivity index (χ3n) is 3.42. The molecule has 3 heteroatoms. The SMILES string of the molecule is CCCCCC(CN)N(C)Cc1ccoc1C. The van der Waals surface area contributed by atoms with Crippen molar-refractivity contribution in [1.29, 1.82) is 0 Å². The highest BCUT2D eigenvalue weighted by atomic mass is 16.3. The maximum Gasteiger partial charge on any atom is 0.105 e. The van der Waals surface area contributed by atoms with Gasteiger partial charge in [-0.2, -0.15) is 0 Å². The summed E-state index contributed by atoms with van der Waals surface area (Å²) in [7, 11) is 2.15. The van der Waals surface area contributed by atoms with Gasteiger partial charge in [-0.15, -0.1) is 0 Å². The van der Waals surface area contributed by atoms with Crippen molar-refractivity contribution in [3.05, 3.63) is 23.7 Å². The van der Waals surface area contributed by atoms with Gasteiger partial charge in [-0.1, -0.05) is 26.2 Å². The maximum absolute atomic E-state index is 5.86. The predicted octanol–water partition coefficient (Wildman–Crippen LogP) is 2.93. The molecule has 1 unspecified atom stereocenters. The molecule has 1 aromatic heterocycles. The van der Waals surface area contributed by atoms with E-state index in [1.54, 1.807) is 6.26 Å². The fraction of sp³-hybridized carbons (Fsp3) is 0.714. The quantitative estimate of drug-likeness (QED) is 0.708. The Balaban J connectivity index is 2.43. The van der Waals surface area contributed by atoms with Crippen molar-refractivity contribution < 1.29 is 4.42 Å². The molecular formula is C14H26N2O. The molecule has 0 radical (unpaired) electrons. The van der Waals surface area contributed by atoms with Gasteiger partial charge in [-0.25, -0.2) is 0 Å². The molecule has 0 amide bonds. The molecule has 0 spiro atoms. The van der Waals surface area contributed by atoms with Gasteiger partial charge in [0.25, 0.3) is 0 Å². The number of nitrogens with two attached hydrogens (primary N) is 1. The van der Waals surface area contributed by atoms with E-state index in [2.05, 4.69) is 18.9 Å². The number of aryl methyl sites for hydroxylation is 1. The van der Waals surface area contributed by atoms with E-state index in [1.807, 2.05) is 13.0 Å². The van der Waals surface area contributed by atoms with Gasteiger partial charge in [-0.05, 0) is 26.5 Å². The molecule has 0 aliphatic rings. The van der Waals surface area contributed by atoms with Crippen molar-refractivity contribution in [3.8, 4) is 0 Å². The lowest BCUT2D eigenvalue weighted by molar-refractivity contribution is 0.222. The van der Waals surface area contributed by atoms with Crippen molar-refractivity contribution in [1.82, 2.24) is 4.90 Å². The summed E-state index contributed by atoms with van der Waals surface area (Å²) < 4.78 is 5.32. The lowest BCUT2D eigenvalue weighted by Crippen LogP contribution is -2.37. The Bertz CT molecular complexity index is 309. The zero-order chi connectivity index (χ0) is 12.7. The molecule has 1 aromatic rings. The van der Waals surface area contributed by atoms with E-state index in [1.165, 1.54) is 31.2 Å². The average Bonchev–Trinajstić information content (AvgIpc) is 2.70. The van der Waals surface area contributed by atoms with Gasteiger partial charge in [0, 0.05) is 24.7 Å². The third kappa shape index (κ3) is 4.52. The van der Waals surface area contributed by atoms with Crippen LogP contribution in [0.2, 0.25) is 0 Å². The number of unbranched alkanes of at least 4 members (excludes halogenated alkanes) is 2. The van der Waals surface area contributed by atoms with Gasteiger partial charge in [0.2, 0.25) is 0 Å². The lowest BCUT2D eigenvalue weighted by Gasteiger charge is -2.26. The van der Waals surface area contributed by atoms with E-state index < -0.39 is 0 Å². The monoisotopic (exact) mass is 238 g/mol. The third-order valence-corrected chi connectivity index (χ3v) is 3.42. The first kappa shape index (κ1) is 14.3. The second-order valence-corrected chi connectivity index (χ2v) is 4.80. The summed E-state index contributed by atoms with van der Waals surface area (Å²) >= 11 is 0. The van der Waals surface area contributed by atoms with Gasteiger partial charge >= 0.3 is 0 Å². The highest BCUT2D eigenvalue weighted by molar-refractivity contribution is 5.15. The molecule has 98 valence electrons. The first-order valence-corrected chi connectivity index (χ1v) is 6.62. The summed E-state index contributed by atoms with van der Waals surface area (Å²) in [4.78, 5) is 2.34. The van der Waals surface area contributed by atoms with Crippen molar-refractivity contribution in [3.63, 3.8) is 0 Å². The minimum atomic E-state index is 0.482. The topological polar surface area (TPSA) is 42.4 Å². The minimum absolute atomic E-state index is 0.482. The summed E-state index contributed by atoms with van der Waals surface area (Å²) in [5.74, 6) is 1.01. The summed E-state index contributed by atoms with van der Waals surface area (Å²) in [5, 5.41) is 0. The summed E-state index contributed by atoms with van der Waals surface area (Å²) in [6, 6.07) is 2.53. The van der Waals surface area contributed by atoms with Crippen molar-refractivity contribution >= 4 is 0 Å². The van der Waals surface area contributed by atoms with Crippen LogP contribution in [0.3, 0.4) is 0 Å². The summed E-state index contributed by atoms with van der Waals surface area (Å²) in [6.45, 7) is 5.90. The average molecular weight is 238 g/mol.